The Balaban J connectivity index is 2.11. The summed E-state index contributed by atoms with van der Waals surface area (Å²) in [4.78, 5) is 33.5. The van der Waals surface area contributed by atoms with Crippen LogP contribution in [0.3, 0.4) is 0 Å². The molecule has 0 aromatic heterocycles. The number of ether oxygens (including phenoxy) is 4. The van der Waals surface area contributed by atoms with Crippen molar-refractivity contribution in [3.63, 3.8) is 0 Å². The minimum absolute atomic E-state index is 0.209. The van der Waals surface area contributed by atoms with Crippen LogP contribution in [0.1, 0.15) is 20.8 Å². The third-order valence-corrected chi connectivity index (χ3v) is 3.90. The standard InChI is InChI=1S/C18H24N2O8/c1-9(21)20-12-4-6-13(7-5-12)27-18-15(19)16(24)17(26-11(3)23)14(28-18)8-25-10(2)22/h4-7,14-18,24H,8,19H2,1-3H3,(H,20,21)/t14-,15-,16-,17-,18+/m1/s1. The maximum atomic E-state index is 11.3. The van der Waals surface area contributed by atoms with Gasteiger partial charge >= 0.3 is 11.9 Å². The smallest absolute Gasteiger partial charge is 0.303 e. The van der Waals surface area contributed by atoms with E-state index in [2.05, 4.69) is 5.32 Å². The van der Waals surface area contributed by atoms with E-state index >= 15 is 0 Å². The Kier molecular flexibility index (Phi) is 7.32. The quantitative estimate of drug-likeness (QED) is 0.562. The van der Waals surface area contributed by atoms with Gasteiger partial charge in [-0.25, -0.2) is 0 Å². The summed E-state index contributed by atoms with van der Waals surface area (Å²) in [6.07, 6.45) is -4.48. The van der Waals surface area contributed by atoms with Gasteiger partial charge in [0.1, 0.15) is 24.6 Å². The van der Waals surface area contributed by atoms with Crippen molar-refractivity contribution in [2.45, 2.75) is 51.4 Å². The molecule has 1 heterocycles. The Morgan fingerprint density at radius 2 is 1.79 bits per heavy atom. The number of esters is 2. The van der Waals surface area contributed by atoms with Crippen LogP contribution in [0.15, 0.2) is 24.3 Å². The number of rotatable bonds is 6. The number of hydrogen-bond donors (Lipinski definition) is 3. The first-order chi connectivity index (χ1) is 13.2. The van der Waals surface area contributed by atoms with Crippen molar-refractivity contribution in [3.8, 4) is 5.75 Å². The van der Waals surface area contributed by atoms with Crippen molar-refractivity contribution in [3.05, 3.63) is 24.3 Å². The lowest BCUT2D eigenvalue weighted by atomic mass is 9.97. The fourth-order valence-corrected chi connectivity index (χ4v) is 2.67. The van der Waals surface area contributed by atoms with Gasteiger partial charge in [-0.15, -0.1) is 0 Å². The van der Waals surface area contributed by atoms with Crippen LogP contribution < -0.4 is 15.8 Å². The molecule has 0 unspecified atom stereocenters. The van der Waals surface area contributed by atoms with Crippen LogP contribution >= 0.6 is 0 Å². The van der Waals surface area contributed by atoms with Crippen LogP contribution in [0.4, 0.5) is 5.69 Å². The fraction of sp³-hybridized carbons (Fsp3) is 0.500. The second-order valence-corrected chi connectivity index (χ2v) is 6.31. The molecule has 5 atom stereocenters. The number of hydrogen-bond acceptors (Lipinski definition) is 9. The molecule has 1 aliphatic rings. The zero-order chi connectivity index (χ0) is 20.8. The number of nitrogens with one attached hydrogen (secondary N) is 1. The summed E-state index contributed by atoms with van der Waals surface area (Å²) < 4.78 is 21.4. The highest BCUT2D eigenvalue weighted by Gasteiger charge is 2.47. The lowest BCUT2D eigenvalue weighted by Gasteiger charge is -2.42. The van der Waals surface area contributed by atoms with Crippen LogP contribution in [-0.4, -0.2) is 60.2 Å². The predicted octanol–water partition coefficient (Wildman–Crippen LogP) is -0.0683. The van der Waals surface area contributed by atoms with Crippen molar-refractivity contribution >= 4 is 23.5 Å². The SMILES string of the molecule is CC(=O)Nc1ccc(O[C@H]2O[C@H](COC(C)=O)[C@@H](OC(C)=O)[C@H](O)[C@H]2N)cc1. The lowest BCUT2D eigenvalue weighted by molar-refractivity contribution is -0.248. The summed E-state index contributed by atoms with van der Waals surface area (Å²) >= 11 is 0. The average Bonchev–Trinajstić information content (AvgIpc) is 2.61. The number of benzene rings is 1. The Morgan fingerprint density at radius 3 is 2.32 bits per heavy atom. The van der Waals surface area contributed by atoms with Gasteiger partial charge in [0.2, 0.25) is 12.2 Å². The van der Waals surface area contributed by atoms with Gasteiger partial charge in [0.05, 0.1) is 6.04 Å². The average molecular weight is 396 g/mol. The van der Waals surface area contributed by atoms with E-state index in [4.69, 9.17) is 24.7 Å². The molecule has 1 amide bonds. The second-order valence-electron chi connectivity index (χ2n) is 6.31. The van der Waals surface area contributed by atoms with Crippen LogP contribution in [-0.2, 0) is 28.6 Å². The van der Waals surface area contributed by atoms with E-state index in [1.807, 2.05) is 0 Å². The number of nitrogens with two attached hydrogens (primary N) is 1. The number of carbonyl (C=O) groups excluding carboxylic acids is 3. The summed E-state index contributed by atoms with van der Waals surface area (Å²) in [5.74, 6) is -1.03. The summed E-state index contributed by atoms with van der Waals surface area (Å²) in [5, 5.41) is 13.1. The summed E-state index contributed by atoms with van der Waals surface area (Å²) in [7, 11) is 0. The van der Waals surface area contributed by atoms with E-state index in [1.165, 1.54) is 20.8 Å². The molecule has 0 bridgehead atoms. The molecule has 0 saturated carbocycles. The fourth-order valence-electron chi connectivity index (χ4n) is 2.67. The molecule has 1 aromatic rings. The molecule has 2 rings (SSSR count). The van der Waals surface area contributed by atoms with Crippen molar-refractivity contribution in [2.24, 2.45) is 5.73 Å². The minimum Gasteiger partial charge on any atom is -0.463 e. The first kappa shape index (κ1) is 21.6. The molecule has 10 heteroatoms. The Labute approximate surface area is 161 Å². The van der Waals surface area contributed by atoms with Gasteiger partial charge in [-0.3, -0.25) is 14.4 Å². The molecule has 4 N–H and O–H groups in total. The van der Waals surface area contributed by atoms with Crippen LogP contribution in [0.2, 0.25) is 0 Å². The largest absolute Gasteiger partial charge is 0.463 e. The van der Waals surface area contributed by atoms with Gasteiger partial charge in [-0.05, 0) is 24.3 Å². The maximum Gasteiger partial charge on any atom is 0.303 e. The molecule has 0 aliphatic carbocycles. The van der Waals surface area contributed by atoms with E-state index in [0.29, 0.717) is 11.4 Å². The predicted molar refractivity (Wildman–Crippen MR) is 96.2 cm³/mol. The van der Waals surface area contributed by atoms with Gasteiger partial charge in [-0.2, -0.15) is 0 Å². The van der Waals surface area contributed by atoms with Crippen molar-refractivity contribution in [1.29, 1.82) is 0 Å². The van der Waals surface area contributed by atoms with Crippen molar-refractivity contribution < 1.29 is 38.4 Å². The van der Waals surface area contributed by atoms with Crippen molar-refractivity contribution in [1.82, 2.24) is 0 Å². The maximum absolute atomic E-state index is 11.3. The lowest BCUT2D eigenvalue weighted by Crippen LogP contribution is -2.64. The first-order valence-electron chi connectivity index (χ1n) is 8.61. The highest BCUT2D eigenvalue weighted by Crippen LogP contribution is 2.26. The van der Waals surface area contributed by atoms with E-state index < -0.39 is 42.6 Å². The van der Waals surface area contributed by atoms with E-state index in [-0.39, 0.29) is 12.5 Å². The van der Waals surface area contributed by atoms with E-state index in [1.54, 1.807) is 24.3 Å². The molecule has 1 aliphatic heterocycles. The highest BCUT2D eigenvalue weighted by atomic mass is 16.7. The van der Waals surface area contributed by atoms with Gasteiger partial charge in [-0.1, -0.05) is 0 Å². The molecule has 10 nitrogen and oxygen atoms in total. The molecule has 28 heavy (non-hydrogen) atoms. The van der Waals surface area contributed by atoms with Crippen LogP contribution in [0.25, 0.3) is 0 Å². The van der Waals surface area contributed by atoms with Crippen LogP contribution in [0, 0.1) is 0 Å². The zero-order valence-corrected chi connectivity index (χ0v) is 15.8. The Morgan fingerprint density at radius 1 is 1.14 bits per heavy atom. The molecule has 154 valence electrons. The Hall–Kier alpha value is -2.69. The molecule has 1 saturated heterocycles. The second kappa shape index (κ2) is 9.49. The van der Waals surface area contributed by atoms with E-state index in [9.17, 15) is 19.5 Å². The molecule has 1 fully saturated rings. The number of aliphatic hydroxyl groups is 1. The van der Waals surface area contributed by atoms with Crippen LogP contribution in [0.5, 0.6) is 5.75 Å². The molecular formula is C18H24N2O8. The first-order valence-corrected chi connectivity index (χ1v) is 8.61. The molecular weight excluding hydrogens is 372 g/mol. The normalized spacial score (nSPS) is 26.8. The minimum atomic E-state index is -1.30. The van der Waals surface area contributed by atoms with Gasteiger partial charge in [0, 0.05) is 26.5 Å². The summed E-state index contributed by atoms with van der Waals surface area (Å²) in [6, 6.07) is 5.40. The number of amides is 1. The third-order valence-electron chi connectivity index (χ3n) is 3.90. The number of aliphatic hydroxyl groups excluding tert-OH is 1. The Bertz CT molecular complexity index is 708. The third kappa shape index (κ3) is 5.91. The van der Waals surface area contributed by atoms with E-state index in [0.717, 1.165) is 0 Å². The zero-order valence-electron chi connectivity index (χ0n) is 15.8. The monoisotopic (exact) mass is 396 g/mol. The van der Waals surface area contributed by atoms with Gasteiger partial charge < -0.3 is 35.1 Å². The highest BCUT2D eigenvalue weighted by molar-refractivity contribution is 5.88. The summed E-state index contributed by atoms with van der Waals surface area (Å²) in [6.45, 7) is 3.54. The molecule has 0 radical (unpaired) electrons. The number of carbonyl (C=O) groups is 3. The molecule has 1 aromatic carbocycles. The topological polar surface area (TPSA) is 146 Å². The molecule has 0 spiro atoms. The van der Waals surface area contributed by atoms with Crippen molar-refractivity contribution in [2.75, 3.05) is 11.9 Å². The number of anilines is 1. The summed E-state index contributed by atoms with van der Waals surface area (Å²) in [5.41, 5.74) is 6.57. The van der Waals surface area contributed by atoms with Gasteiger partial charge in [0.15, 0.2) is 6.10 Å². The van der Waals surface area contributed by atoms with Gasteiger partial charge in [0.25, 0.3) is 0 Å².